The lowest BCUT2D eigenvalue weighted by Crippen LogP contribution is -2.42. The van der Waals surface area contributed by atoms with E-state index in [9.17, 15) is 4.79 Å². The number of carboxylic acids is 1. The average Bonchev–Trinajstić information content (AvgIpc) is 2.17. The van der Waals surface area contributed by atoms with Crippen LogP contribution in [-0.4, -0.2) is 17.1 Å². The van der Waals surface area contributed by atoms with Gasteiger partial charge in [-0.3, -0.25) is 4.79 Å². The molecule has 3 nitrogen and oxygen atoms in total. The number of carbonyl (C=O) groups is 1. The number of hydrogen-bond donors (Lipinski definition) is 2. The van der Waals surface area contributed by atoms with Crippen molar-refractivity contribution in [3.05, 3.63) is 35.9 Å². The third kappa shape index (κ3) is 2.57. The summed E-state index contributed by atoms with van der Waals surface area (Å²) in [7, 11) is 0. The minimum Gasteiger partial charge on any atom is -0.481 e. The van der Waals surface area contributed by atoms with Crippen LogP contribution in [0.25, 0.3) is 0 Å². The summed E-state index contributed by atoms with van der Waals surface area (Å²) >= 11 is 0. The third-order valence-electron chi connectivity index (χ3n) is 2.96. The molecule has 2 unspecified atom stereocenters. The maximum atomic E-state index is 10.8. The lowest BCUT2D eigenvalue weighted by molar-refractivity contribution is -0.138. The normalized spacial score (nSPS) is 16.7. The molecule has 2 atom stereocenters. The molecule has 1 aromatic carbocycles. The number of aliphatic carboxylic acids is 1. The van der Waals surface area contributed by atoms with Crippen molar-refractivity contribution in [2.24, 2.45) is 5.73 Å². The Labute approximate surface area is 89.9 Å². The second-order valence-electron chi connectivity index (χ2n) is 4.14. The Morgan fingerprint density at radius 3 is 2.40 bits per heavy atom. The molecule has 0 radical (unpaired) electrons. The zero-order valence-electron chi connectivity index (χ0n) is 9.10. The van der Waals surface area contributed by atoms with Gasteiger partial charge in [0.1, 0.15) is 0 Å². The van der Waals surface area contributed by atoms with E-state index in [1.54, 1.807) is 0 Å². The molecule has 0 aliphatic rings. The quantitative estimate of drug-likeness (QED) is 0.790. The van der Waals surface area contributed by atoms with E-state index < -0.39 is 11.4 Å². The van der Waals surface area contributed by atoms with Crippen molar-refractivity contribution in [3.8, 4) is 0 Å². The van der Waals surface area contributed by atoms with Crippen molar-refractivity contribution in [2.75, 3.05) is 0 Å². The molecular formula is C12H17NO2. The van der Waals surface area contributed by atoms with Gasteiger partial charge >= 0.3 is 5.97 Å². The summed E-state index contributed by atoms with van der Waals surface area (Å²) in [5.74, 6) is -0.821. The number of rotatable bonds is 4. The zero-order valence-corrected chi connectivity index (χ0v) is 9.10. The molecule has 1 aromatic rings. The standard InChI is InChI=1S/C12H17NO2/c1-9(13)12(2,8-11(14)15)10-6-4-3-5-7-10/h3-7,9H,8,13H2,1-2H3,(H,14,15). The van der Waals surface area contributed by atoms with E-state index in [0.29, 0.717) is 0 Å². The molecule has 1 rings (SSSR count). The average molecular weight is 207 g/mol. The minimum atomic E-state index is -0.821. The van der Waals surface area contributed by atoms with E-state index in [-0.39, 0.29) is 12.5 Å². The monoisotopic (exact) mass is 207 g/mol. The van der Waals surface area contributed by atoms with Crippen molar-refractivity contribution in [1.29, 1.82) is 0 Å². The Kier molecular flexibility index (Phi) is 3.48. The Morgan fingerprint density at radius 2 is 2.00 bits per heavy atom. The van der Waals surface area contributed by atoms with Gasteiger partial charge in [-0.2, -0.15) is 0 Å². The van der Waals surface area contributed by atoms with E-state index in [0.717, 1.165) is 5.56 Å². The lowest BCUT2D eigenvalue weighted by Gasteiger charge is -2.32. The van der Waals surface area contributed by atoms with E-state index >= 15 is 0 Å². The van der Waals surface area contributed by atoms with Crippen LogP contribution in [0.2, 0.25) is 0 Å². The first-order valence-electron chi connectivity index (χ1n) is 4.99. The summed E-state index contributed by atoms with van der Waals surface area (Å²) in [6.45, 7) is 3.73. The van der Waals surface area contributed by atoms with Gasteiger partial charge in [-0.1, -0.05) is 37.3 Å². The topological polar surface area (TPSA) is 63.3 Å². The highest BCUT2D eigenvalue weighted by Crippen LogP contribution is 2.30. The first kappa shape index (κ1) is 11.7. The predicted molar refractivity (Wildman–Crippen MR) is 59.7 cm³/mol. The molecular weight excluding hydrogens is 190 g/mol. The van der Waals surface area contributed by atoms with Gasteiger partial charge in [0.25, 0.3) is 0 Å². The highest BCUT2D eigenvalue weighted by molar-refractivity contribution is 5.69. The molecule has 3 N–H and O–H groups in total. The lowest BCUT2D eigenvalue weighted by atomic mass is 9.74. The van der Waals surface area contributed by atoms with E-state index in [2.05, 4.69) is 0 Å². The number of carboxylic acid groups (broad SMARTS) is 1. The molecule has 15 heavy (non-hydrogen) atoms. The van der Waals surface area contributed by atoms with Gasteiger partial charge in [-0.25, -0.2) is 0 Å². The minimum absolute atomic E-state index is 0.0503. The number of hydrogen-bond acceptors (Lipinski definition) is 2. The summed E-state index contributed by atoms with van der Waals surface area (Å²) in [4.78, 5) is 10.8. The van der Waals surface area contributed by atoms with Crippen LogP contribution in [0.15, 0.2) is 30.3 Å². The van der Waals surface area contributed by atoms with Crippen LogP contribution in [0, 0.1) is 0 Å². The summed E-state index contributed by atoms with van der Waals surface area (Å²) in [5.41, 5.74) is 6.36. The second kappa shape index (κ2) is 4.45. The first-order chi connectivity index (χ1) is 6.97. The fourth-order valence-electron chi connectivity index (χ4n) is 1.66. The molecule has 0 aliphatic heterocycles. The van der Waals surface area contributed by atoms with Crippen LogP contribution in [0.1, 0.15) is 25.8 Å². The van der Waals surface area contributed by atoms with E-state index in [4.69, 9.17) is 10.8 Å². The first-order valence-corrected chi connectivity index (χ1v) is 4.99. The fraction of sp³-hybridized carbons (Fsp3) is 0.417. The largest absolute Gasteiger partial charge is 0.481 e. The fourth-order valence-corrected chi connectivity index (χ4v) is 1.66. The molecule has 0 aromatic heterocycles. The van der Waals surface area contributed by atoms with Crippen LogP contribution >= 0.6 is 0 Å². The van der Waals surface area contributed by atoms with Crippen LogP contribution in [0.4, 0.5) is 0 Å². The Hall–Kier alpha value is -1.35. The second-order valence-corrected chi connectivity index (χ2v) is 4.14. The Bertz CT molecular complexity index is 335. The highest BCUT2D eigenvalue weighted by Gasteiger charge is 2.33. The highest BCUT2D eigenvalue weighted by atomic mass is 16.4. The number of benzene rings is 1. The maximum absolute atomic E-state index is 10.8. The van der Waals surface area contributed by atoms with Gasteiger partial charge in [-0.05, 0) is 12.5 Å². The van der Waals surface area contributed by atoms with Gasteiger partial charge in [0.2, 0.25) is 0 Å². The van der Waals surface area contributed by atoms with Crippen LogP contribution in [0.5, 0.6) is 0 Å². The zero-order chi connectivity index (χ0) is 11.5. The van der Waals surface area contributed by atoms with E-state index in [1.807, 2.05) is 44.2 Å². The molecule has 0 saturated heterocycles. The summed E-state index contributed by atoms with van der Waals surface area (Å²) in [6.07, 6.45) is 0.0503. The van der Waals surface area contributed by atoms with Gasteiger partial charge in [0.15, 0.2) is 0 Å². The van der Waals surface area contributed by atoms with E-state index in [1.165, 1.54) is 0 Å². The van der Waals surface area contributed by atoms with Gasteiger partial charge < -0.3 is 10.8 Å². The van der Waals surface area contributed by atoms with Gasteiger partial charge in [-0.15, -0.1) is 0 Å². The summed E-state index contributed by atoms with van der Waals surface area (Å²) < 4.78 is 0. The predicted octanol–water partition coefficient (Wildman–Crippen LogP) is 1.77. The molecule has 0 aliphatic carbocycles. The molecule has 0 amide bonds. The molecule has 0 bridgehead atoms. The van der Waals surface area contributed by atoms with Gasteiger partial charge in [0, 0.05) is 11.5 Å². The number of nitrogens with two attached hydrogens (primary N) is 1. The molecule has 82 valence electrons. The molecule has 0 spiro atoms. The molecule has 0 fully saturated rings. The van der Waals surface area contributed by atoms with Crippen molar-refractivity contribution in [2.45, 2.75) is 31.7 Å². The SMILES string of the molecule is CC(N)C(C)(CC(=O)O)c1ccccc1. The Morgan fingerprint density at radius 1 is 1.47 bits per heavy atom. The summed E-state index contributed by atoms with van der Waals surface area (Å²) in [5, 5.41) is 8.90. The summed E-state index contributed by atoms with van der Waals surface area (Å²) in [6, 6.07) is 9.36. The van der Waals surface area contributed by atoms with Crippen LogP contribution in [-0.2, 0) is 10.2 Å². The smallest absolute Gasteiger partial charge is 0.304 e. The Balaban J connectivity index is 3.07. The maximum Gasteiger partial charge on any atom is 0.304 e. The van der Waals surface area contributed by atoms with Crippen LogP contribution in [0.3, 0.4) is 0 Å². The molecule has 0 heterocycles. The van der Waals surface area contributed by atoms with Crippen molar-refractivity contribution < 1.29 is 9.90 Å². The molecule has 3 heteroatoms. The van der Waals surface area contributed by atoms with Crippen molar-refractivity contribution in [1.82, 2.24) is 0 Å². The third-order valence-corrected chi connectivity index (χ3v) is 2.96. The van der Waals surface area contributed by atoms with Crippen molar-refractivity contribution >= 4 is 5.97 Å². The van der Waals surface area contributed by atoms with Crippen molar-refractivity contribution in [3.63, 3.8) is 0 Å². The molecule has 0 saturated carbocycles. The van der Waals surface area contributed by atoms with Crippen LogP contribution < -0.4 is 5.73 Å². The van der Waals surface area contributed by atoms with Gasteiger partial charge in [0.05, 0.1) is 6.42 Å².